The first kappa shape index (κ1) is 11.6. The highest BCUT2D eigenvalue weighted by Crippen LogP contribution is 1.94. The topological polar surface area (TPSA) is 63.1 Å². The Morgan fingerprint density at radius 3 is 2.38 bits per heavy atom. The van der Waals surface area contributed by atoms with Gasteiger partial charge in [0.15, 0.2) is 0 Å². The molecule has 0 radical (unpaired) electrons. The Morgan fingerprint density at radius 2 is 2.00 bits per heavy atom. The first-order valence-corrected chi connectivity index (χ1v) is 4.18. The van der Waals surface area contributed by atoms with E-state index >= 15 is 0 Å². The first-order chi connectivity index (χ1) is 6.18. The number of aliphatic carboxylic acids is 1. The Hall–Kier alpha value is -1.45. The minimum absolute atomic E-state index is 0.0622. The number of nitrogens with zero attached hydrogens (tertiary/aromatic N) is 2. The maximum atomic E-state index is 10.2. The normalized spacial score (nSPS) is 8.54. The number of carboxylic acid groups (broad SMARTS) is 1. The molecule has 1 N–H and O–H groups in total. The number of hydrogen-bond donors (Lipinski definition) is 1. The van der Waals surface area contributed by atoms with E-state index in [1.165, 1.54) is 6.20 Å². The first-order valence-electron chi connectivity index (χ1n) is 4.18. The van der Waals surface area contributed by atoms with Gasteiger partial charge in [-0.1, -0.05) is 13.8 Å². The van der Waals surface area contributed by atoms with E-state index in [1.807, 2.05) is 13.8 Å². The minimum Gasteiger partial charge on any atom is -0.481 e. The molecular formula is C9H14N2O2. The van der Waals surface area contributed by atoms with Crippen LogP contribution in [-0.2, 0) is 11.2 Å². The molecule has 0 spiro atoms. The van der Waals surface area contributed by atoms with Crippen LogP contribution in [0.15, 0.2) is 12.4 Å². The number of carboxylic acids is 1. The van der Waals surface area contributed by atoms with E-state index in [0.29, 0.717) is 5.69 Å². The molecule has 1 heterocycles. The number of aromatic nitrogens is 2. The molecule has 0 saturated heterocycles. The summed E-state index contributed by atoms with van der Waals surface area (Å²) in [6.45, 7) is 5.80. The number of carbonyl (C=O) groups is 1. The molecule has 72 valence electrons. The highest BCUT2D eigenvalue weighted by molar-refractivity contribution is 5.69. The molecule has 0 amide bonds. The third kappa shape index (κ3) is 4.90. The van der Waals surface area contributed by atoms with Crippen LogP contribution < -0.4 is 0 Å². The van der Waals surface area contributed by atoms with Gasteiger partial charge in [0.1, 0.15) is 0 Å². The Labute approximate surface area is 77.7 Å². The number of rotatable bonds is 2. The zero-order valence-corrected chi connectivity index (χ0v) is 8.11. The smallest absolute Gasteiger partial charge is 0.309 e. The highest BCUT2D eigenvalue weighted by Gasteiger charge is 2.00. The van der Waals surface area contributed by atoms with E-state index in [0.717, 1.165) is 5.69 Å². The van der Waals surface area contributed by atoms with Crippen LogP contribution in [0, 0.1) is 6.92 Å². The van der Waals surface area contributed by atoms with Crippen molar-refractivity contribution in [3.05, 3.63) is 23.8 Å². The van der Waals surface area contributed by atoms with Crippen LogP contribution in [-0.4, -0.2) is 21.0 Å². The van der Waals surface area contributed by atoms with Crippen LogP contribution >= 0.6 is 0 Å². The van der Waals surface area contributed by atoms with Gasteiger partial charge in [-0.05, 0) is 6.92 Å². The van der Waals surface area contributed by atoms with Gasteiger partial charge in [-0.2, -0.15) is 0 Å². The monoisotopic (exact) mass is 182 g/mol. The molecule has 1 rings (SSSR count). The van der Waals surface area contributed by atoms with Gasteiger partial charge in [-0.3, -0.25) is 14.8 Å². The van der Waals surface area contributed by atoms with Crippen molar-refractivity contribution in [3.8, 4) is 0 Å². The Kier molecular flexibility index (Phi) is 5.43. The molecule has 0 unspecified atom stereocenters. The SMILES string of the molecule is CC.Cc1cnc(CC(=O)O)cn1. The summed E-state index contributed by atoms with van der Waals surface area (Å²) in [5.74, 6) is -0.886. The van der Waals surface area contributed by atoms with E-state index in [4.69, 9.17) is 5.11 Å². The van der Waals surface area contributed by atoms with Gasteiger partial charge in [-0.15, -0.1) is 0 Å². The van der Waals surface area contributed by atoms with E-state index in [1.54, 1.807) is 13.1 Å². The van der Waals surface area contributed by atoms with Crippen molar-refractivity contribution in [2.75, 3.05) is 0 Å². The Balaban J connectivity index is 0.000000671. The third-order valence-corrected chi connectivity index (χ3v) is 1.17. The Morgan fingerprint density at radius 1 is 1.38 bits per heavy atom. The van der Waals surface area contributed by atoms with Crippen molar-refractivity contribution < 1.29 is 9.90 Å². The fraction of sp³-hybridized carbons (Fsp3) is 0.444. The van der Waals surface area contributed by atoms with Crippen LogP contribution in [0.5, 0.6) is 0 Å². The standard InChI is InChI=1S/C7H8N2O2.C2H6/c1-5-3-9-6(4-8-5)2-7(10)11;1-2/h3-4H,2H2,1H3,(H,10,11);1-2H3. The average Bonchev–Trinajstić information content (AvgIpc) is 2.12. The summed E-state index contributed by atoms with van der Waals surface area (Å²) in [4.78, 5) is 18.0. The van der Waals surface area contributed by atoms with Crippen molar-refractivity contribution in [3.63, 3.8) is 0 Å². The van der Waals surface area contributed by atoms with Crippen LogP contribution in [0.2, 0.25) is 0 Å². The van der Waals surface area contributed by atoms with E-state index in [2.05, 4.69) is 9.97 Å². The molecule has 0 aliphatic heterocycles. The fourth-order valence-corrected chi connectivity index (χ4v) is 0.666. The van der Waals surface area contributed by atoms with E-state index in [-0.39, 0.29) is 6.42 Å². The van der Waals surface area contributed by atoms with Crippen molar-refractivity contribution >= 4 is 5.97 Å². The van der Waals surface area contributed by atoms with Crippen LogP contribution in [0.1, 0.15) is 25.2 Å². The fourth-order valence-electron chi connectivity index (χ4n) is 0.666. The van der Waals surface area contributed by atoms with Crippen molar-refractivity contribution in [1.29, 1.82) is 0 Å². The lowest BCUT2D eigenvalue weighted by molar-refractivity contribution is -0.136. The van der Waals surface area contributed by atoms with Gasteiger partial charge < -0.3 is 5.11 Å². The molecule has 0 aliphatic rings. The lowest BCUT2D eigenvalue weighted by atomic mass is 10.3. The second kappa shape index (κ2) is 6.11. The van der Waals surface area contributed by atoms with Crippen LogP contribution in [0.3, 0.4) is 0 Å². The zero-order chi connectivity index (χ0) is 10.3. The van der Waals surface area contributed by atoms with Crippen molar-refractivity contribution in [1.82, 2.24) is 9.97 Å². The molecule has 4 heteroatoms. The second-order valence-corrected chi connectivity index (χ2v) is 2.22. The zero-order valence-electron chi connectivity index (χ0n) is 8.11. The third-order valence-electron chi connectivity index (χ3n) is 1.17. The lowest BCUT2D eigenvalue weighted by Crippen LogP contribution is -2.02. The maximum absolute atomic E-state index is 10.2. The number of aryl methyl sites for hydroxylation is 1. The molecule has 4 nitrogen and oxygen atoms in total. The molecule has 0 fully saturated rings. The molecule has 1 aromatic rings. The summed E-state index contributed by atoms with van der Waals surface area (Å²) in [5.41, 5.74) is 1.28. The molecule has 0 aromatic carbocycles. The molecule has 0 atom stereocenters. The Bertz CT molecular complexity index is 257. The van der Waals surface area contributed by atoms with E-state index < -0.39 is 5.97 Å². The predicted molar refractivity (Wildman–Crippen MR) is 49.5 cm³/mol. The van der Waals surface area contributed by atoms with Crippen molar-refractivity contribution in [2.24, 2.45) is 0 Å². The van der Waals surface area contributed by atoms with Crippen LogP contribution in [0.4, 0.5) is 0 Å². The summed E-state index contributed by atoms with van der Waals surface area (Å²) in [6.07, 6.45) is 2.97. The van der Waals surface area contributed by atoms with E-state index in [9.17, 15) is 4.79 Å². The van der Waals surface area contributed by atoms with Gasteiger partial charge in [0.05, 0.1) is 17.8 Å². The molecule has 0 aliphatic carbocycles. The molecular weight excluding hydrogens is 168 g/mol. The molecule has 0 bridgehead atoms. The maximum Gasteiger partial charge on any atom is 0.309 e. The summed E-state index contributed by atoms with van der Waals surface area (Å²) >= 11 is 0. The van der Waals surface area contributed by atoms with Gasteiger partial charge in [0, 0.05) is 12.4 Å². The second-order valence-electron chi connectivity index (χ2n) is 2.22. The largest absolute Gasteiger partial charge is 0.481 e. The average molecular weight is 182 g/mol. The van der Waals surface area contributed by atoms with Gasteiger partial charge in [0.25, 0.3) is 0 Å². The van der Waals surface area contributed by atoms with Crippen LogP contribution in [0.25, 0.3) is 0 Å². The van der Waals surface area contributed by atoms with Gasteiger partial charge in [-0.25, -0.2) is 0 Å². The molecule has 13 heavy (non-hydrogen) atoms. The highest BCUT2D eigenvalue weighted by atomic mass is 16.4. The van der Waals surface area contributed by atoms with Crippen molar-refractivity contribution in [2.45, 2.75) is 27.2 Å². The number of hydrogen-bond acceptors (Lipinski definition) is 3. The quantitative estimate of drug-likeness (QED) is 0.751. The predicted octanol–water partition coefficient (Wildman–Crippen LogP) is 1.44. The minimum atomic E-state index is -0.886. The molecule has 0 saturated carbocycles. The molecule has 1 aromatic heterocycles. The summed E-state index contributed by atoms with van der Waals surface area (Å²) in [6, 6.07) is 0. The summed E-state index contributed by atoms with van der Waals surface area (Å²) < 4.78 is 0. The summed E-state index contributed by atoms with van der Waals surface area (Å²) in [5, 5.41) is 8.37. The lowest BCUT2D eigenvalue weighted by Gasteiger charge is -1.94. The summed E-state index contributed by atoms with van der Waals surface area (Å²) in [7, 11) is 0. The van der Waals surface area contributed by atoms with Gasteiger partial charge in [0.2, 0.25) is 0 Å². The van der Waals surface area contributed by atoms with Gasteiger partial charge >= 0.3 is 5.97 Å².